The van der Waals surface area contributed by atoms with Gasteiger partial charge < -0.3 is 10.1 Å². The van der Waals surface area contributed by atoms with Gasteiger partial charge in [-0.05, 0) is 47.5 Å². The number of nitrogens with zero attached hydrogens (tertiary/aromatic N) is 1. The van der Waals surface area contributed by atoms with Gasteiger partial charge in [0.1, 0.15) is 5.75 Å². The minimum atomic E-state index is -3.50. The third kappa shape index (κ3) is 4.75. The van der Waals surface area contributed by atoms with Crippen molar-refractivity contribution >= 4 is 27.3 Å². The van der Waals surface area contributed by atoms with Gasteiger partial charge in [-0.1, -0.05) is 36.4 Å². The molecule has 0 spiro atoms. The minimum absolute atomic E-state index is 0.323. The third-order valence-corrected chi connectivity index (χ3v) is 5.71. The topological polar surface area (TPSA) is 75.7 Å². The normalized spacial score (nSPS) is 11.0. The van der Waals surface area contributed by atoms with E-state index in [1.165, 1.54) is 7.05 Å². The van der Waals surface area contributed by atoms with Crippen LogP contribution in [0, 0.1) is 0 Å². The molecule has 0 aromatic heterocycles. The highest BCUT2D eigenvalue weighted by Gasteiger charge is 2.18. The lowest BCUT2D eigenvalue weighted by atomic mass is 10.0. The quantitative estimate of drug-likeness (QED) is 0.666. The molecule has 0 aliphatic rings. The zero-order chi connectivity index (χ0) is 21.0. The predicted molar refractivity (Wildman–Crippen MR) is 116 cm³/mol. The van der Waals surface area contributed by atoms with Gasteiger partial charge in [0, 0.05) is 12.6 Å². The maximum atomic E-state index is 12.7. The largest absolute Gasteiger partial charge is 0.497 e. The Balaban J connectivity index is 2.06. The molecule has 0 radical (unpaired) electrons. The molecular formula is C22H22N2O4S. The summed E-state index contributed by atoms with van der Waals surface area (Å²) in [5, 5.41) is 2.84. The number of rotatable bonds is 6. The summed E-state index contributed by atoms with van der Waals surface area (Å²) in [5.74, 6) is 0.381. The van der Waals surface area contributed by atoms with E-state index in [1.807, 2.05) is 36.4 Å². The van der Waals surface area contributed by atoms with Crippen LogP contribution in [0.1, 0.15) is 10.4 Å². The van der Waals surface area contributed by atoms with Crippen LogP contribution in [0.3, 0.4) is 0 Å². The Morgan fingerprint density at radius 1 is 0.931 bits per heavy atom. The van der Waals surface area contributed by atoms with Crippen LogP contribution in [-0.4, -0.2) is 34.7 Å². The second-order valence-electron chi connectivity index (χ2n) is 6.51. The van der Waals surface area contributed by atoms with E-state index in [2.05, 4.69) is 5.32 Å². The lowest BCUT2D eigenvalue weighted by Gasteiger charge is -2.21. The summed E-state index contributed by atoms with van der Waals surface area (Å²) in [5.41, 5.74) is 2.95. The summed E-state index contributed by atoms with van der Waals surface area (Å²) in [6.45, 7) is 0. The number of hydrogen-bond donors (Lipinski definition) is 1. The number of amides is 1. The van der Waals surface area contributed by atoms with Crippen molar-refractivity contribution in [1.82, 2.24) is 0 Å². The van der Waals surface area contributed by atoms with E-state index in [0.29, 0.717) is 22.7 Å². The Morgan fingerprint density at radius 2 is 1.62 bits per heavy atom. The first kappa shape index (κ1) is 20.4. The molecule has 0 aliphatic heterocycles. The van der Waals surface area contributed by atoms with Crippen molar-refractivity contribution < 1.29 is 17.9 Å². The molecule has 0 bridgehead atoms. The smallest absolute Gasteiger partial charge is 0.255 e. The fraction of sp³-hybridized carbons (Fsp3) is 0.136. The van der Waals surface area contributed by atoms with Crippen LogP contribution < -0.4 is 14.4 Å². The van der Waals surface area contributed by atoms with Crippen LogP contribution in [0.15, 0.2) is 72.8 Å². The molecule has 0 saturated heterocycles. The second kappa shape index (κ2) is 8.36. The molecular weight excluding hydrogens is 388 g/mol. The zero-order valence-corrected chi connectivity index (χ0v) is 17.2. The van der Waals surface area contributed by atoms with Crippen molar-refractivity contribution in [3.8, 4) is 16.9 Å². The number of ether oxygens (including phenoxy) is 1. The van der Waals surface area contributed by atoms with Crippen molar-refractivity contribution in [2.45, 2.75) is 0 Å². The van der Waals surface area contributed by atoms with Crippen LogP contribution in [0.25, 0.3) is 11.1 Å². The second-order valence-corrected chi connectivity index (χ2v) is 8.53. The summed E-state index contributed by atoms with van der Waals surface area (Å²) in [6, 6.07) is 21.5. The first-order valence-corrected chi connectivity index (χ1v) is 10.7. The molecule has 3 aromatic rings. The summed E-state index contributed by atoms with van der Waals surface area (Å²) in [6.07, 6.45) is 1.12. The van der Waals surface area contributed by atoms with Crippen molar-refractivity contribution in [2.75, 3.05) is 30.0 Å². The van der Waals surface area contributed by atoms with E-state index in [4.69, 9.17) is 4.74 Å². The fourth-order valence-corrected chi connectivity index (χ4v) is 3.37. The van der Waals surface area contributed by atoms with Crippen LogP contribution in [0.5, 0.6) is 5.75 Å². The maximum absolute atomic E-state index is 12.7. The first-order valence-electron chi connectivity index (χ1n) is 8.88. The van der Waals surface area contributed by atoms with E-state index in [0.717, 1.165) is 21.7 Å². The number of carbonyl (C=O) groups excluding carboxylic acids is 1. The molecule has 3 aromatic carbocycles. The predicted octanol–water partition coefficient (Wildman–Crippen LogP) is 4.01. The highest BCUT2D eigenvalue weighted by atomic mass is 32.2. The molecule has 29 heavy (non-hydrogen) atoms. The van der Waals surface area contributed by atoms with Crippen molar-refractivity contribution in [2.24, 2.45) is 0 Å². The molecule has 0 unspecified atom stereocenters. The summed E-state index contributed by atoms with van der Waals surface area (Å²) < 4.78 is 30.6. The Hall–Kier alpha value is -3.32. The van der Waals surface area contributed by atoms with Crippen LogP contribution >= 0.6 is 0 Å². The Labute approximate surface area is 170 Å². The van der Waals surface area contributed by atoms with E-state index >= 15 is 0 Å². The molecule has 3 rings (SSSR count). The van der Waals surface area contributed by atoms with Gasteiger partial charge in [-0.2, -0.15) is 0 Å². The van der Waals surface area contributed by atoms with Gasteiger partial charge in [0.15, 0.2) is 0 Å². The molecule has 0 fully saturated rings. The van der Waals surface area contributed by atoms with Crippen molar-refractivity contribution in [3.05, 3.63) is 78.4 Å². The van der Waals surface area contributed by atoms with Gasteiger partial charge >= 0.3 is 0 Å². The number of anilines is 2. The van der Waals surface area contributed by atoms with Crippen LogP contribution in [0.2, 0.25) is 0 Å². The Kier molecular flexibility index (Phi) is 5.89. The summed E-state index contributed by atoms with van der Waals surface area (Å²) >= 11 is 0. The average Bonchev–Trinajstić information content (AvgIpc) is 2.73. The number of sulfonamides is 1. The van der Waals surface area contributed by atoms with E-state index in [9.17, 15) is 13.2 Å². The van der Waals surface area contributed by atoms with Gasteiger partial charge in [-0.15, -0.1) is 0 Å². The number of hydrogen-bond acceptors (Lipinski definition) is 4. The molecule has 6 nitrogen and oxygen atoms in total. The average molecular weight is 410 g/mol. The van der Waals surface area contributed by atoms with Gasteiger partial charge in [-0.25, -0.2) is 8.42 Å². The zero-order valence-electron chi connectivity index (χ0n) is 16.4. The van der Waals surface area contributed by atoms with Crippen molar-refractivity contribution in [1.29, 1.82) is 0 Å². The fourth-order valence-electron chi connectivity index (χ4n) is 2.86. The molecule has 1 N–H and O–H groups in total. The SMILES string of the molecule is COc1cccc(-c2ccc(N(C)S(C)(=O)=O)c(NC(=O)c3ccccc3)c2)c1. The summed E-state index contributed by atoms with van der Waals surface area (Å²) in [4.78, 5) is 12.7. The number of benzene rings is 3. The van der Waals surface area contributed by atoms with Gasteiger partial charge in [0.2, 0.25) is 10.0 Å². The Morgan fingerprint density at radius 3 is 2.28 bits per heavy atom. The molecule has 7 heteroatoms. The number of carbonyl (C=O) groups is 1. The van der Waals surface area contributed by atoms with E-state index < -0.39 is 10.0 Å². The molecule has 0 saturated carbocycles. The maximum Gasteiger partial charge on any atom is 0.255 e. The van der Waals surface area contributed by atoms with Crippen LogP contribution in [-0.2, 0) is 10.0 Å². The third-order valence-electron chi connectivity index (χ3n) is 4.52. The van der Waals surface area contributed by atoms with E-state index in [1.54, 1.807) is 43.5 Å². The molecule has 0 heterocycles. The van der Waals surface area contributed by atoms with Gasteiger partial charge in [-0.3, -0.25) is 9.10 Å². The van der Waals surface area contributed by atoms with Gasteiger partial charge in [0.05, 0.1) is 24.7 Å². The lowest BCUT2D eigenvalue weighted by Crippen LogP contribution is -2.26. The molecule has 0 aliphatic carbocycles. The monoisotopic (exact) mass is 410 g/mol. The Bertz CT molecular complexity index is 1130. The highest BCUT2D eigenvalue weighted by molar-refractivity contribution is 7.92. The number of methoxy groups -OCH3 is 1. The minimum Gasteiger partial charge on any atom is -0.497 e. The van der Waals surface area contributed by atoms with Crippen molar-refractivity contribution in [3.63, 3.8) is 0 Å². The molecule has 0 atom stereocenters. The lowest BCUT2D eigenvalue weighted by molar-refractivity contribution is 0.102. The standard InChI is InChI=1S/C22H22N2O4S/c1-24(29(3,26)27)21-13-12-18(17-10-7-11-19(14-17)28-2)15-20(21)23-22(25)16-8-5-4-6-9-16/h4-15H,1-3H3,(H,23,25). The molecule has 150 valence electrons. The number of nitrogens with one attached hydrogen (secondary N) is 1. The molecule has 1 amide bonds. The van der Waals surface area contributed by atoms with E-state index in [-0.39, 0.29) is 5.91 Å². The van der Waals surface area contributed by atoms with Gasteiger partial charge in [0.25, 0.3) is 5.91 Å². The highest BCUT2D eigenvalue weighted by Crippen LogP contribution is 2.33. The summed E-state index contributed by atoms with van der Waals surface area (Å²) in [7, 11) is -0.460. The van der Waals surface area contributed by atoms with Crippen LogP contribution in [0.4, 0.5) is 11.4 Å². The first-order chi connectivity index (χ1) is 13.8.